The zero-order chi connectivity index (χ0) is 53.0. The maximum atomic E-state index is 12.6. The van der Waals surface area contributed by atoms with Crippen LogP contribution >= 0.6 is 15.9 Å². The highest BCUT2D eigenvalue weighted by molar-refractivity contribution is 9.10. The average Bonchev–Trinajstić information content (AvgIpc) is 3.45. The largest absolute Gasteiger partial charge is 0.468 e. The summed E-state index contributed by atoms with van der Waals surface area (Å²) in [7, 11) is 6.22. The Kier molecular flexibility index (Phi) is 25.4. The Morgan fingerprint density at radius 3 is 1.69 bits per heavy atom. The van der Waals surface area contributed by atoms with Gasteiger partial charge in [-0.3, -0.25) is 4.79 Å². The van der Waals surface area contributed by atoms with E-state index in [4.69, 9.17) is 34.6 Å². The van der Waals surface area contributed by atoms with Crippen molar-refractivity contribution in [2.24, 2.45) is 5.73 Å². The highest BCUT2D eigenvalue weighted by Gasteiger charge is 2.22. The monoisotopic (exact) mass is 1090 g/mol. The van der Waals surface area contributed by atoms with Gasteiger partial charge in [0.1, 0.15) is 34.1 Å². The number of rotatable bonds is 26. The lowest BCUT2D eigenvalue weighted by molar-refractivity contribution is -0.143. The summed E-state index contributed by atoms with van der Waals surface area (Å²) in [5.74, 6) is 2.19. The summed E-state index contributed by atoms with van der Waals surface area (Å²) in [6.45, 7) is 8.42. The van der Waals surface area contributed by atoms with E-state index in [2.05, 4.69) is 82.0 Å². The molecule has 2 aliphatic heterocycles. The van der Waals surface area contributed by atoms with Gasteiger partial charge in [0.25, 0.3) is 0 Å². The smallest absolute Gasteiger partial charge is 0.328 e. The minimum Gasteiger partial charge on any atom is -0.468 e. The first-order valence-electron chi connectivity index (χ1n) is 26.6. The molecule has 0 saturated carbocycles. The summed E-state index contributed by atoms with van der Waals surface area (Å²) in [4.78, 5) is 46.9. The van der Waals surface area contributed by atoms with Gasteiger partial charge in [0.15, 0.2) is 0 Å². The van der Waals surface area contributed by atoms with Crippen LogP contribution in [-0.2, 0) is 54.2 Å². The number of carbonyl (C=O) groups is 2. The van der Waals surface area contributed by atoms with Crippen LogP contribution in [0.3, 0.4) is 0 Å². The third-order valence-electron chi connectivity index (χ3n) is 13.5. The second-order valence-electron chi connectivity index (χ2n) is 18.9. The number of nitrogens with two attached hydrogens (primary N) is 1. The minimum absolute atomic E-state index is 0.284. The van der Waals surface area contributed by atoms with E-state index in [1.165, 1.54) is 43.6 Å². The molecule has 8 rings (SSSR count). The van der Waals surface area contributed by atoms with Gasteiger partial charge in [-0.25, -0.2) is 24.7 Å². The van der Waals surface area contributed by atoms with Gasteiger partial charge in [-0.1, -0.05) is 60.7 Å². The van der Waals surface area contributed by atoms with Crippen LogP contribution in [0.4, 0.5) is 17.5 Å². The number of halogens is 1. The number of nitrogens with zero attached hydrogens (tertiary/aromatic N) is 6. The van der Waals surface area contributed by atoms with Gasteiger partial charge in [0, 0.05) is 88.0 Å². The third-order valence-corrected chi connectivity index (χ3v) is 14.2. The molecule has 0 unspecified atom stereocenters. The van der Waals surface area contributed by atoms with Gasteiger partial charge in [-0.15, -0.1) is 0 Å². The lowest BCUT2D eigenvalue weighted by Crippen LogP contribution is -2.37. The Hall–Kier alpha value is -5.82. The maximum Gasteiger partial charge on any atom is 0.328 e. The number of nitrogens with one attached hydrogen (secondary N) is 3. The molecule has 6 aromatic rings. The predicted octanol–water partition coefficient (Wildman–Crippen LogP) is 8.90. The van der Waals surface area contributed by atoms with Crippen LogP contribution in [0.1, 0.15) is 73.9 Å². The molecule has 17 heteroatoms. The number of benzene rings is 2. The van der Waals surface area contributed by atoms with Crippen molar-refractivity contribution in [3.05, 3.63) is 124 Å². The lowest BCUT2D eigenvalue weighted by Gasteiger charge is -2.25. The number of anilines is 3. The number of methoxy groups -OCH3 is 4. The van der Waals surface area contributed by atoms with E-state index >= 15 is 0 Å². The minimum atomic E-state index is -0.563. The Morgan fingerprint density at radius 2 is 1.15 bits per heavy atom. The molecule has 2 aliphatic rings. The second-order valence-corrected chi connectivity index (χ2v) is 19.6. The number of fused-ring (bicyclic) bond motifs is 4. The van der Waals surface area contributed by atoms with Crippen LogP contribution in [0.5, 0.6) is 0 Å². The van der Waals surface area contributed by atoms with Gasteiger partial charge in [-0.2, -0.15) is 0 Å². The molecule has 0 fully saturated rings. The molecule has 4 aromatic heterocycles. The molecule has 0 saturated heterocycles. The summed E-state index contributed by atoms with van der Waals surface area (Å²) >= 11 is 3.39. The highest BCUT2D eigenvalue weighted by atomic mass is 79.9. The number of unbranched alkanes of at least 4 members (excludes halogenated alkanes) is 2. The normalized spacial score (nSPS) is 13.5. The Balaban J connectivity index is 0.000000208. The van der Waals surface area contributed by atoms with E-state index in [0.29, 0.717) is 31.9 Å². The molecular formula is C58H79BrN10O6. The highest BCUT2D eigenvalue weighted by Crippen LogP contribution is 2.24. The van der Waals surface area contributed by atoms with Crippen molar-refractivity contribution in [1.82, 2.24) is 29.7 Å². The van der Waals surface area contributed by atoms with E-state index in [-0.39, 0.29) is 11.9 Å². The average molecular weight is 1090 g/mol. The molecule has 6 heterocycles. The van der Waals surface area contributed by atoms with Crippen LogP contribution in [0.15, 0.2) is 102 Å². The van der Waals surface area contributed by atoms with Crippen molar-refractivity contribution in [2.45, 2.75) is 89.1 Å². The van der Waals surface area contributed by atoms with E-state index in [0.717, 1.165) is 148 Å². The van der Waals surface area contributed by atoms with Gasteiger partial charge in [-0.05, 0) is 152 Å². The zero-order valence-electron chi connectivity index (χ0n) is 44.5. The number of ether oxygens (including phenoxy) is 4. The van der Waals surface area contributed by atoms with Gasteiger partial charge in [0.2, 0.25) is 0 Å². The van der Waals surface area contributed by atoms with Crippen molar-refractivity contribution in [2.75, 3.05) is 110 Å². The number of aromatic nitrogens is 4. The summed E-state index contributed by atoms with van der Waals surface area (Å²) in [6.07, 6.45) is 15.6. The molecule has 0 radical (unpaired) electrons. The van der Waals surface area contributed by atoms with E-state index < -0.39 is 12.1 Å². The summed E-state index contributed by atoms with van der Waals surface area (Å²) in [6, 6.07) is 27.9. The molecule has 0 bridgehead atoms. The van der Waals surface area contributed by atoms with Crippen LogP contribution in [-0.4, -0.2) is 148 Å². The summed E-state index contributed by atoms with van der Waals surface area (Å²) in [5, 5.41) is 14.6. The van der Waals surface area contributed by atoms with Gasteiger partial charge >= 0.3 is 11.9 Å². The van der Waals surface area contributed by atoms with E-state index in [1.54, 1.807) is 26.6 Å². The fourth-order valence-electron chi connectivity index (χ4n) is 9.19. The zero-order valence-corrected chi connectivity index (χ0v) is 46.1. The fourth-order valence-corrected chi connectivity index (χ4v) is 9.67. The number of hydrogen-bond donors (Lipinski definition) is 4. The molecule has 75 heavy (non-hydrogen) atoms. The number of carbonyl (C=O) groups excluding carboxylic acids is 2. The molecule has 2 aromatic carbocycles. The summed E-state index contributed by atoms with van der Waals surface area (Å²) in [5.41, 5.74) is 10.8. The van der Waals surface area contributed by atoms with Crippen molar-refractivity contribution >= 4 is 66.9 Å². The van der Waals surface area contributed by atoms with E-state index in [9.17, 15) is 9.59 Å². The van der Waals surface area contributed by atoms with Gasteiger partial charge in [0.05, 0.1) is 27.4 Å². The first-order valence-corrected chi connectivity index (χ1v) is 27.4. The van der Waals surface area contributed by atoms with Gasteiger partial charge < -0.3 is 50.4 Å². The van der Waals surface area contributed by atoms with Crippen LogP contribution in [0.2, 0.25) is 0 Å². The fraction of sp³-hybridized carbons (Fsp3) is 0.483. The lowest BCUT2D eigenvalue weighted by atomic mass is 10.1. The first kappa shape index (κ1) is 58.4. The number of aryl methyl sites for hydroxylation is 4. The molecule has 16 nitrogen and oxygen atoms in total. The van der Waals surface area contributed by atoms with Crippen LogP contribution < -0.4 is 21.7 Å². The quantitative estimate of drug-likeness (QED) is 0.0229. The molecule has 0 aliphatic carbocycles. The first-order chi connectivity index (χ1) is 36.7. The van der Waals surface area contributed by atoms with Crippen molar-refractivity contribution in [3.8, 4) is 0 Å². The van der Waals surface area contributed by atoms with Crippen LogP contribution in [0, 0.1) is 0 Å². The molecule has 0 amide bonds. The second kappa shape index (κ2) is 32.6. The molecule has 2 atom stereocenters. The molecule has 0 spiro atoms. The Labute approximate surface area is 452 Å². The standard InChI is InChI=1S/C29H39N5O3.C20H34N4O3.C9H6BrN/c1-36-21-20-34(18-6-5-10-24-13-12-23-9-7-16-30-27(23)32-24)19-15-26(29(35)37-2)33-28-25-11-4-3-8-22(25)14-17-31-28;1-26-15-14-24(13-10-18(21)20(25)27-2)12-4-3-7-17-9-8-16-6-5-11-22-19(16)23-17;10-9-8-4-2-1-3-7(8)5-6-11-9/h3-4,8,11-14,17,26H,5-7,9-10,15-16,18-21H2,1-2H3,(H,30,32)(H,31,33);8-9,18H,3-7,10-15,21H2,1-2H3,(H,22,23);1-6H/t26-;18-;/m00./s1. The molecule has 404 valence electrons. The summed E-state index contributed by atoms with van der Waals surface area (Å²) < 4.78 is 21.3. The maximum absolute atomic E-state index is 12.6. The SMILES string of the molecule is Brc1nccc2ccccc12.COCCN(CCCCc1ccc2c(n1)NCCC2)CC[C@H](N)C(=O)OC.COCCN(CCCCc1ccc2c(n1)NCCC2)CC[C@H](Nc1nccc2ccccc12)C(=O)OC. The van der Waals surface area contributed by atoms with Crippen molar-refractivity contribution in [1.29, 1.82) is 0 Å². The van der Waals surface area contributed by atoms with Crippen LogP contribution in [0.25, 0.3) is 21.5 Å². The topological polar surface area (TPSA) is 191 Å². The Bertz CT molecular complexity index is 2650. The van der Waals surface area contributed by atoms with Crippen molar-refractivity contribution in [3.63, 3.8) is 0 Å². The number of hydrogen-bond acceptors (Lipinski definition) is 16. The van der Waals surface area contributed by atoms with Crippen molar-refractivity contribution < 1.29 is 28.5 Å². The third kappa shape index (κ3) is 19.4. The molecular weight excluding hydrogens is 1010 g/mol. The number of esters is 2. The molecule has 5 N–H and O–H groups in total. The van der Waals surface area contributed by atoms with E-state index in [1.807, 2.05) is 54.6 Å². The number of pyridine rings is 4. The predicted molar refractivity (Wildman–Crippen MR) is 304 cm³/mol. The Morgan fingerprint density at radius 1 is 0.627 bits per heavy atom.